The summed E-state index contributed by atoms with van der Waals surface area (Å²) in [6, 6.07) is 15.2. The monoisotopic (exact) mass is 326 g/mol. The van der Waals surface area contributed by atoms with Crippen LogP contribution >= 0.6 is 0 Å². The maximum Gasteiger partial charge on any atom is 0.319 e. The van der Waals surface area contributed by atoms with E-state index in [4.69, 9.17) is 9.47 Å². The summed E-state index contributed by atoms with van der Waals surface area (Å²) in [6.07, 6.45) is 3.03. The van der Waals surface area contributed by atoms with E-state index in [0.29, 0.717) is 17.2 Å². The highest BCUT2D eigenvalue weighted by atomic mass is 16.5. The minimum atomic E-state index is -0.262. The molecule has 2 aromatic rings. The standard InChI is InChI=1S/C19H22N2O3/c1-23-16-10-9-15(13-17(16)24-2)20-18(22)21-19(11-6-12-19)14-7-4-3-5-8-14/h3-5,7-10,13H,6,11-12H2,1-2H3,(H2,20,21,22). The summed E-state index contributed by atoms with van der Waals surface area (Å²) in [5.41, 5.74) is 1.55. The van der Waals surface area contributed by atoms with Gasteiger partial charge in [0.2, 0.25) is 0 Å². The second-order valence-corrected chi connectivity index (χ2v) is 5.95. The number of nitrogens with one attached hydrogen (secondary N) is 2. The molecule has 0 bridgehead atoms. The van der Waals surface area contributed by atoms with Crippen LogP contribution in [0.5, 0.6) is 11.5 Å². The first-order chi connectivity index (χ1) is 11.7. The van der Waals surface area contributed by atoms with Crippen molar-refractivity contribution in [3.8, 4) is 11.5 Å². The molecule has 0 atom stereocenters. The molecule has 5 nitrogen and oxygen atoms in total. The minimum Gasteiger partial charge on any atom is -0.493 e. The van der Waals surface area contributed by atoms with E-state index in [-0.39, 0.29) is 11.6 Å². The van der Waals surface area contributed by atoms with Crippen molar-refractivity contribution in [3.05, 3.63) is 54.1 Å². The SMILES string of the molecule is COc1ccc(NC(=O)NC2(c3ccccc3)CCC2)cc1OC. The van der Waals surface area contributed by atoms with Gasteiger partial charge in [-0.2, -0.15) is 0 Å². The van der Waals surface area contributed by atoms with E-state index in [0.717, 1.165) is 24.8 Å². The lowest BCUT2D eigenvalue weighted by molar-refractivity contribution is 0.185. The molecule has 0 heterocycles. The molecule has 0 radical (unpaired) electrons. The summed E-state index contributed by atoms with van der Waals surface area (Å²) in [4.78, 5) is 12.5. The van der Waals surface area contributed by atoms with Gasteiger partial charge < -0.3 is 20.1 Å². The molecule has 0 aromatic heterocycles. The zero-order valence-corrected chi connectivity index (χ0v) is 14.0. The molecular weight excluding hydrogens is 304 g/mol. The van der Waals surface area contributed by atoms with Crippen LogP contribution in [0, 0.1) is 0 Å². The van der Waals surface area contributed by atoms with Crippen molar-refractivity contribution < 1.29 is 14.3 Å². The van der Waals surface area contributed by atoms with Gasteiger partial charge in [0.25, 0.3) is 0 Å². The van der Waals surface area contributed by atoms with Gasteiger partial charge in [0.15, 0.2) is 11.5 Å². The first kappa shape index (κ1) is 16.2. The molecule has 2 aromatic carbocycles. The Kier molecular flexibility index (Phi) is 4.60. The van der Waals surface area contributed by atoms with Crippen LogP contribution in [0.3, 0.4) is 0 Å². The Hall–Kier alpha value is -2.69. The molecule has 126 valence electrons. The Bertz CT molecular complexity index is 712. The Morgan fingerprint density at radius 3 is 2.29 bits per heavy atom. The number of carbonyl (C=O) groups excluding carboxylic acids is 1. The van der Waals surface area contributed by atoms with Crippen molar-refractivity contribution in [2.24, 2.45) is 0 Å². The van der Waals surface area contributed by atoms with E-state index in [1.807, 2.05) is 18.2 Å². The number of methoxy groups -OCH3 is 2. The van der Waals surface area contributed by atoms with Crippen molar-refractivity contribution in [3.63, 3.8) is 0 Å². The van der Waals surface area contributed by atoms with Crippen LogP contribution in [-0.4, -0.2) is 20.3 Å². The summed E-state index contributed by atoms with van der Waals surface area (Å²) in [6.45, 7) is 0. The topological polar surface area (TPSA) is 59.6 Å². The summed E-state index contributed by atoms with van der Waals surface area (Å²) in [7, 11) is 3.15. The molecule has 5 heteroatoms. The molecule has 3 rings (SSSR count). The van der Waals surface area contributed by atoms with Crippen molar-refractivity contribution in [2.45, 2.75) is 24.8 Å². The molecular formula is C19H22N2O3. The average Bonchev–Trinajstić information content (AvgIpc) is 2.58. The highest BCUT2D eigenvalue weighted by molar-refractivity contribution is 5.90. The lowest BCUT2D eigenvalue weighted by atomic mass is 9.72. The average molecular weight is 326 g/mol. The third kappa shape index (κ3) is 3.15. The number of amides is 2. The molecule has 0 spiro atoms. The Morgan fingerprint density at radius 1 is 1.00 bits per heavy atom. The van der Waals surface area contributed by atoms with Crippen LogP contribution in [0.25, 0.3) is 0 Å². The van der Waals surface area contributed by atoms with Crippen LogP contribution in [-0.2, 0) is 5.54 Å². The number of rotatable bonds is 5. The van der Waals surface area contributed by atoms with Crippen LogP contribution in [0.1, 0.15) is 24.8 Å². The van der Waals surface area contributed by atoms with E-state index in [9.17, 15) is 4.79 Å². The lowest BCUT2D eigenvalue weighted by Gasteiger charge is -2.43. The first-order valence-electron chi connectivity index (χ1n) is 8.03. The van der Waals surface area contributed by atoms with Crippen LogP contribution < -0.4 is 20.1 Å². The maximum atomic E-state index is 12.5. The fourth-order valence-electron chi connectivity index (χ4n) is 3.07. The highest BCUT2D eigenvalue weighted by Gasteiger charge is 2.39. The molecule has 2 N–H and O–H groups in total. The summed E-state index contributed by atoms with van der Waals surface area (Å²) < 4.78 is 10.5. The molecule has 0 unspecified atom stereocenters. The predicted molar refractivity (Wildman–Crippen MR) is 93.7 cm³/mol. The Balaban J connectivity index is 1.71. The molecule has 0 aliphatic heterocycles. The quantitative estimate of drug-likeness (QED) is 0.876. The molecule has 24 heavy (non-hydrogen) atoms. The van der Waals surface area contributed by atoms with Crippen molar-refractivity contribution in [1.29, 1.82) is 0 Å². The van der Waals surface area contributed by atoms with Gasteiger partial charge in [0, 0.05) is 11.8 Å². The van der Waals surface area contributed by atoms with E-state index < -0.39 is 0 Å². The number of ether oxygens (including phenoxy) is 2. The second-order valence-electron chi connectivity index (χ2n) is 5.95. The summed E-state index contributed by atoms with van der Waals surface area (Å²) >= 11 is 0. The molecule has 1 fully saturated rings. The Labute approximate surface area is 142 Å². The fraction of sp³-hybridized carbons (Fsp3) is 0.316. The smallest absolute Gasteiger partial charge is 0.319 e. The van der Waals surface area contributed by atoms with E-state index in [2.05, 4.69) is 22.8 Å². The highest BCUT2D eigenvalue weighted by Crippen LogP contribution is 2.41. The normalized spacial score (nSPS) is 15.1. The lowest BCUT2D eigenvalue weighted by Crippen LogP contribution is -2.52. The number of benzene rings is 2. The number of carbonyl (C=O) groups is 1. The van der Waals surface area contributed by atoms with Gasteiger partial charge in [0.1, 0.15) is 0 Å². The second kappa shape index (κ2) is 6.83. The fourth-order valence-corrected chi connectivity index (χ4v) is 3.07. The van der Waals surface area contributed by atoms with Crippen LogP contribution in [0.2, 0.25) is 0 Å². The molecule has 2 amide bonds. The van der Waals surface area contributed by atoms with Crippen LogP contribution in [0.4, 0.5) is 10.5 Å². The predicted octanol–water partition coefficient (Wildman–Crippen LogP) is 3.90. The van der Waals surface area contributed by atoms with Gasteiger partial charge in [-0.25, -0.2) is 4.79 Å². The largest absolute Gasteiger partial charge is 0.493 e. The van der Waals surface area contributed by atoms with Gasteiger partial charge in [-0.1, -0.05) is 30.3 Å². The maximum absolute atomic E-state index is 12.5. The number of anilines is 1. The summed E-state index contributed by atoms with van der Waals surface area (Å²) in [5.74, 6) is 1.21. The van der Waals surface area contributed by atoms with Gasteiger partial charge in [-0.15, -0.1) is 0 Å². The zero-order chi connectivity index (χ0) is 17.0. The van der Waals surface area contributed by atoms with Crippen molar-refractivity contribution in [1.82, 2.24) is 5.32 Å². The molecule has 1 aliphatic rings. The first-order valence-corrected chi connectivity index (χ1v) is 8.03. The van der Waals surface area contributed by atoms with Crippen molar-refractivity contribution >= 4 is 11.7 Å². The van der Waals surface area contributed by atoms with Gasteiger partial charge in [0.05, 0.1) is 19.8 Å². The molecule has 1 saturated carbocycles. The van der Waals surface area contributed by atoms with Crippen molar-refractivity contribution in [2.75, 3.05) is 19.5 Å². The third-order valence-electron chi connectivity index (χ3n) is 4.53. The number of hydrogen-bond donors (Lipinski definition) is 2. The van der Waals surface area contributed by atoms with Gasteiger partial charge in [-0.05, 0) is 37.0 Å². The van der Waals surface area contributed by atoms with Crippen LogP contribution in [0.15, 0.2) is 48.5 Å². The van der Waals surface area contributed by atoms with E-state index >= 15 is 0 Å². The van der Waals surface area contributed by atoms with Gasteiger partial charge >= 0.3 is 6.03 Å². The Morgan fingerprint density at radius 2 is 1.71 bits per heavy atom. The van der Waals surface area contributed by atoms with Gasteiger partial charge in [-0.3, -0.25) is 0 Å². The molecule has 0 saturated heterocycles. The minimum absolute atomic E-state index is 0.217. The zero-order valence-electron chi connectivity index (χ0n) is 14.0. The third-order valence-corrected chi connectivity index (χ3v) is 4.53. The summed E-state index contributed by atoms with van der Waals surface area (Å²) in [5, 5.41) is 6.01. The number of hydrogen-bond acceptors (Lipinski definition) is 3. The number of urea groups is 1. The van der Waals surface area contributed by atoms with E-state index in [1.54, 1.807) is 32.4 Å². The molecule has 1 aliphatic carbocycles. The van der Waals surface area contributed by atoms with E-state index in [1.165, 1.54) is 0 Å².